The molecule has 1 aromatic heterocycles. The van der Waals surface area contributed by atoms with Crippen molar-refractivity contribution in [2.45, 2.75) is 37.6 Å². The largest absolute Gasteiger partial charge is 0.396 e. The van der Waals surface area contributed by atoms with E-state index in [4.69, 9.17) is 5.11 Å². The van der Waals surface area contributed by atoms with Crippen molar-refractivity contribution in [1.82, 2.24) is 14.7 Å². The fourth-order valence-electron chi connectivity index (χ4n) is 1.91. The van der Waals surface area contributed by atoms with Gasteiger partial charge in [0.15, 0.2) is 5.03 Å². The van der Waals surface area contributed by atoms with Crippen LogP contribution in [0.1, 0.15) is 32.0 Å². The Labute approximate surface area is 107 Å². The first-order chi connectivity index (χ1) is 8.51. The number of imidazole rings is 1. The van der Waals surface area contributed by atoms with Crippen LogP contribution in [-0.2, 0) is 16.4 Å². The molecule has 0 radical (unpaired) electrons. The maximum absolute atomic E-state index is 12.0. The molecule has 3 N–H and O–H groups in total. The normalized spacial score (nSPS) is 17.9. The Hall–Kier alpha value is -0.920. The van der Waals surface area contributed by atoms with E-state index in [1.807, 2.05) is 6.92 Å². The van der Waals surface area contributed by atoms with Crippen molar-refractivity contribution in [1.29, 1.82) is 0 Å². The molecule has 1 saturated carbocycles. The maximum Gasteiger partial charge on any atom is 0.257 e. The predicted molar refractivity (Wildman–Crippen MR) is 66.5 cm³/mol. The Bertz CT molecular complexity index is 505. The molecule has 7 heteroatoms. The SMILES string of the molecule is CCc1ncc(S(=O)(=O)NCC2(CCO)CC2)[nH]1. The monoisotopic (exact) mass is 273 g/mol. The van der Waals surface area contributed by atoms with Crippen molar-refractivity contribution in [3.63, 3.8) is 0 Å². The first-order valence-electron chi connectivity index (χ1n) is 6.16. The van der Waals surface area contributed by atoms with Gasteiger partial charge in [-0.05, 0) is 24.7 Å². The zero-order chi connectivity index (χ0) is 13.2. The highest BCUT2D eigenvalue weighted by Crippen LogP contribution is 2.48. The average Bonchev–Trinajstić information content (AvgIpc) is 2.93. The third-order valence-corrected chi connectivity index (χ3v) is 4.78. The lowest BCUT2D eigenvalue weighted by atomic mass is 10.0. The highest BCUT2D eigenvalue weighted by molar-refractivity contribution is 7.89. The summed E-state index contributed by atoms with van der Waals surface area (Å²) in [4.78, 5) is 6.76. The van der Waals surface area contributed by atoms with Gasteiger partial charge in [0.1, 0.15) is 5.82 Å². The number of aliphatic hydroxyl groups excluding tert-OH is 1. The number of aryl methyl sites for hydroxylation is 1. The van der Waals surface area contributed by atoms with Gasteiger partial charge in [0.25, 0.3) is 10.0 Å². The fraction of sp³-hybridized carbons (Fsp3) is 0.727. The van der Waals surface area contributed by atoms with E-state index in [1.165, 1.54) is 6.20 Å². The molecule has 6 nitrogen and oxygen atoms in total. The summed E-state index contributed by atoms with van der Waals surface area (Å²) < 4.78 is 26.6. The van der Waals surface area contributed by atoms with E-state index in [1.54, 1.807) is 0 Å². The Kier molecular flexibility index (Phi) is 3.74. The van der Waals surface area contributed by atoms with Gasteiger partial charge < -0.3 is 10.1 Å². The Balaban J connectivity index is 1.99. The van der Waals surface area contributed by atoms with Crippen LogP contribution in [0, 0.1) is 5.41 Å². The smallest absolute Gasteiger partial charge is 0.257 e. The van der Waals surface area contributed by atoms with Crippen LogP contribution in [0.25, 0.3) is 0 Å². The number of hydrogen-bond donors (Lipinski definition) is 3. The molecule has 1 aliphatic carbocycles. The van der Waals surface area contributed by atoms with Gasteiger partial charge >= 0.3 is 0 Å². The molecule has 1 heterocycles. The summed E-state index contributed by atoms with van der Waals surface area (Å²) in [5, 5.41) is 9.04. The molecule has 0 amide bonds. The zero-order valence-electron chi connectivity index (χ0n) is 10.4. The number of H-pyrrole nitrogens is 1. The molecule has 0 unspecified atom stereocenters. The van der Waals surface area contributed by atoms with E-state index in [2.05, 4.69) is 14.7 Å². The van der Waals surface area contributed by atoms with Crippen molar-refractivity contribution >= 4 is 10.0 Å². The lowest BCUT2D eigenvalue weighted by Crippen LogP contribution is -2.31. The molecular weight excluding hydrogens is 254 g/mol. The predicted octanol–water partition coefficient (Wildman–Crippen LogP) is 0.413. The van der Waals surface area contributed by atoms with Crippen LogP contribution in [0.4, 0.5) is 0 Å². The number of aromatic amines is 1. The van der Waals surface area contributed by atoms with Crippen LogP contribution in [0.5, 0.6) is 0 Å². The Morgan fingerprint density at radius 2 is 2.28 bits per heavy atom. The minimum absolute atomic E-state index is 0.0323. The van der Waals surface area contributed by atoms with Gasteiger partial charge in [-0.2, -0.15) is 0 Å². The molecule has 102 valence electrons. The minimum Gasteiger partial charge on any atom is -0.396 e. The molecule has 1 aliphatic rings. The minimum atomic E-state index is -3.51. The number of rotatable bonds is 7. The van der Waals surface area contributed by atoms with Gasteiger partial charge in [0.05, 0.1) is 6.20 Å². The van der Waals surface area contributed by atoms with Crippen LogP contribution in [-0.4, -0.2) is 36.6 Å². The molecule has 0 atom stereocenters. The van der Waals surface area contributed by atoms with Gasteiger partial charge in [-0.25, -0.2) is 18.1 Å². The highest BCUT2D eigenvalue weighted by atomic mass is 32.2. The van der Waals surface area contributed by atoms with Crippen molar-refractivity contribution in [3.05, 3.63) is 12.0 Å². The summed E-state index contributed by atoms with van der Waals surface area (Å²) in [6, 6.07) is 0. The van der Waals surface area contributed by atoms with E-state index in [0.717, 1.165) is 12.8 Å². The molecule has 0 spiro atoms. The first kappa shape index (κ1) is 13.5. The van der Waals surface area contributed by atoms with Crippen LogP contribution < -0.4 is 4.72 Å². The maximum atomic E-state index is 12.0. The van der Waals surface area contributed by atoms with Gasteiger partial charge in [-0.3, -0.25) is 0 Å². The molecule has 0 aromatic carbocycles. The summed E-state index contributed by atoms with van der Waals surface area (Å²) in [5.74, 6) is 0.659. The fourth-order valence-corrected chi connectivity index (χ4v) is 3.01. The Morgan fingerprint density at radius 1 is 1.56 bits per heavy atom. The average molecular weight is 273 g/mol. The highest BCUT2D eigenvalue weighted by Gasteiger charge is 2.42. The molecule has 0 bridgehead atoms. The number of nitrogens with zero attached hydrogens (tertiary/aromatic N) is 1. The topological polar surface area (TPSA) is 95.1 Å². The number of nitrogens with one attached hydrogen (secondary N) is 2. The van der Waals surface area contributed by atoms with Crippen molar-refractivity contribution in [2.75, 3.05) is 13.2 Å². The standard InChI is InChI=1S/C11H19N3O3S/c1-2-9-12-7-10(14-9)18(16,17)13-8-11(3-4-11)5-6-15/h7,13,15H,2-6,8H2,1H3,(H,12,14). The van der Waals surface area contributed by atoms with Crippen molar-refractivity contribution < 1.29 is 13.5 Å². The number of aromatic nitrogens is 2. The lowest BCUT2D eigenvalue weighted by Gasteiger charge is -2.13. The van der Waals surface area contributed by atoms with Crippen LogP contribution in [0.2, 0.25) is 0 Å². The van der Waals surface area contributed by atoms with Crippen LogP contribution in [0.3, 0.4) is 0 Å². The molecule has 0 saturated heterocycles. The van der Waals surface area contributed by atoms with E-state index in [9.17, 15) is 8.42 Å². The van der Waals surface area contributed by atoms with Crippen molar-refractivity contribution in [2.24, 2.45) is 5.41 Å². The molecular formula is C11H19N3O3S. The third-order valence-electron chi connectivity index (χ3n) is 3.47. The van der Waals surface area contributed by atoms with Crippen LogP contribution in [0.15, 0.2) is 11.2 Å². The molecule has 1 fully saturated rings. The molecule has 18 heavy (non-hydrogen) atoms. The molecule has 1 aromatic rings. The van der Waals surface area contributed by atoms with Crippen LogP contribution >= 0.6 is 0 Å². The molecule has 2 rings (SSSR count). The summed E-state index contributed by atoms with van der Waals surface area (Å²) in [5.41, 5.74) is -0.0323. The Morgan fingerprint density at radius 3 is 2.78 bits per heavy atom. The summed E-state index contributed by atoms with van der Waals surface area (Å²) >= 11 is 0. The summed E-state index contributed by atoms with van der Waals surface area (Å²) in [6.07, 6.45) is 4.61. The second-order valence-electron chi connectivity index (χ2n) is 4.85. The number of sulfonamides is 1. The number of aliphatic hydroxyl groups is 1. The van der Waals surface area contributed by atoms with E-state index >= 15 is 0 Å². The van der Waals surface area contributed by atoms with Gasteiger partial charge in [0, 0.05) is 19.6 Å². The van der Waals surface area contributed by atoms with E-state index < -0.39 is 10.0 Å². The third kappa shape index (κ3) is 2.90. The van der Waals surface area contributed by atoms with Gasteiger partial charge in [-0.1, -0.05) is 6.92 Å². The van der Waals surface area contributed by atoms with E-state index in [-0.39, 0.29) is 17.0 Å². The van der Waals surface area contributed by atoms with Crippen molar-refractivity contribution in [3.8, 4) is 0 Å². The quantitative estimate of drug-likeness (QED) is 0.670. The lowest BCUT2D eigenvalue weighted by molar-refractivity contribution is 0.249. The summed E-state index contributed by atoms with van der Waals surface area (Å²) in [6.45, 7) is 2.39. The second kappa shape index (κ2) is 4.99. The molecule has 0 aliphatic heterocycles. The second-order valence-corrected chi connectivity index (χ2v) is 6.58. The van der Waals surface area contributed by atoms with Gasteiger partial charge in [-0.15, -0.1) is 0 Å². The van der Waals surface area contributed by atoms with E-state index in [0.29, 0.717) is 25.2 Å². The zero-order valence-corrected chi connectivity index (χ0v) is 11.3. The number of hydrogen-bond acceptors (Lipinski definition) is 4. The summed E-state index contributed by atoms with van der Waals surface area (Å²) in [7, 11) is -3.51. The van der Waals surface area contributed by atoms with Gasteiger partial charge in [0.2, 0.25) is 0 Å². The first-order valence-corrected chi connectivity index (χ1v) is 7.64.